The zero-order chi connectivity index (χ0) is 18.3. The number of hydrogen-bond acceptors (Lipinski definition) is 6. The van der Waals surface area contributed by atoms with Gasteiger partial charge in [-0.2, -0.15) is 0 Å². The molecule has 0 atom stereocenters. The molecule has 0 aromatic carbocycles. The van der Waals surface area contributed by atoms with Crippen molar-refractivity contribution in [3.05, 3.63) is 0 Å². The lowest BCUT2D eigenvalue weighted by Crippen LogP contribution is -2.27. The Bertz CT molecular complexity index is 337. The fraction of sp³-hybridized carbons (Fsp3) is 1.00. The topological polar surface area (TPSA) is 95.1 Å². The van der Waals surface area contributed by atoms with E-state index in [0.717, 1.165) is 25.7 Å². The second-order valence-corrected chi connectivity index (χ2v) is 8.80. The van der Waals surface area contributed by atoms with Crippen LogP contribution in [-0.4, -0.2) is 39.5 Å². The van der Waals surface area contributed by atoms with E-state index in [2.05, 4.69) is 10.2 Å². The first-order valence-electron chi connectivity index (χ1n) is 8.73. The second-order valence-electron chi connectivity index (χ2n) is 5.14. The van der Waals surface area contributed by atoms with Crippen molar-refractivity contribution in [2.24, 2.45) is 0 Å². The van der Waals surface area contributed by atoms with Crippen molar-refractivity contribution >= 4 is 15.5 Å². The Morgan fingerprint density at radius 2 is 0.833 bits per heavy atom. The van der Waals surface area contributed by atoms with Crippen LogP contribution >= 0.6 is 15.5 Å². The molecule has 0 aliphatic carbocycles. The van der Waals surface area contributed by atoms with Gasteiger partial charge in [-0.3, -0.25) is 18.1 Å². The van der Waals surface area contributed by atoms with Crippen LogP contribution < -0.4 is 10.2 Å². The molecular weight excluding hydrogens is 354 g/mol. The Kier molecular flexibility index (Phi) is 14.5. The van der Waals surface area contributed by atoms with Crippen LogP contribution in [0, 0.1) is 0 Å². The van der Waals surface area contributed by atoms with Crippen LogP contribution in [0.1, 0.15) is 53.4 Å². The molecule has 0 spiro atoms. The van der Waals surface area contributed by atoms with E-state index in [1.165, 1.54) is 0 Å². The van der Waals surface area contributed by atoms with Gasteiger partial charge in [-0.05, 0) is 25.7 Å². The maximum Gasteiger partial charge on any atom is 0.405 e. The Labute approximate surface area is 146 Å². The van der Waals surface area contributed by atoms with Crippen LogP contribution in [0.4, 0.5) is 0 Å². The van der Waals surface area contributed by atoms with E-state index in [0.29, 0.717) is 26.4 Å². The highest BCUT2D eigenvalue weighted by Gasteiger charge is 2.26. The van der Waals surface area contributed by atoms with Gasteiger partial charge in [0, 0.05) is 13.1 Å². The summed E-state index contributed by atoms with van der Waals surface area (Å²) in [7, 11) is -6.68. The van der Waals surface area contributed by atoms with Gasteiger partial charge in [-0.25, -0.2) is 19.3 Å². The summed E-state index contributed by atoms with van der Waals surface area (Å²) >= 11 is 0. The maximum absolute atomic E-state index is 12.5. The summed E-state index contributed by atoms with van der Waals surface area (Å²) < 4.78 is 46.2. The summed E-state index contributed by atoms with van der Waals surface area (Å²) in [6, 6.07) is 0. The van der Waals surface area contributed by atoms with Gasteiger partial charge in [0.1, 0.15) is 0 Å². The van der Waals surface area contributed by atoms with E-state index < -0.39 is 15.5 Å². The number of nitrogens with one attached hydrogen (secondary N) is 2. The van der Waals surface area contributed by atoms with Crippen molar-refractivity contribution in [1.82, 2.24) is 10.2 Å². The third-order valence-corrected chi connectivity index (χ3v) is 5.91. The highest BCUT2D eigenvalue weighted by Crippen LogP contribution is 2.45. The summed E-state index contributed by atoms with van der Waals surface area (Å²) in [4.78, 5) is 0. The van der Waals surface area contributed by atoms with Crippen LogP contribution in [0.3, 0.4) is 0 Å². The van der Waals surface area contributed by atoms with Crippen molar-refractivity contribution in [1.29, 1.82) is 0 Å². The van der Waals surface area contributed by atoms with Crippen molar-refractivity contribution in [3.8, 4) is 0 Å². The zero-order valence-corrected chi connectivity index (χ0v) is 17.2. The van der Waals surface area contributed by atoms with Gasteiger partial charge in [-0.15, -0.1) is 0 Å². The molecule has 0 aliphatic rings. The van der Waals surface area contributed by atoms with Crippen molar-refractivity contribution < 1.29 is 27.2 Å². The molecule has 0 bridgehead atoms. The number of hydrogen-bond donors (Lipinski definition) is 2. The van der Waals surface area contributed by atoms with Crippen molar-refractivity contribution in [3.63, 3.8) is 0 Å². The first-order valence-corrected chi connectivity index (χ1v) is 11.8. The molecule has 0 radical (unpaired) electrons. The fourth-order valence-electron chi connectivity index (χ4n) is 1.49. The third-order valence-electron chi connectivity index (χ3n) is 2.60. The van der Waals surface area contributed by atoms with Gasteiger partial charge >= 0.3 is 15.5 Å². The molecule has 8 nitrogen and oxygen atoms in total. The molecular formula is C14H34N2O6P2. The number of rotatable bonds is 17. The van der Waals surface area contributed by atoms with Gasteiger partial charge in [0.2, 0.25) is 0 Å². The minimum Gasteiger partial charge on any atom is -0.297 e. The lowest BCUT2D eigenvalue weighted by Gasteiger charge is -2.21. The Morgan fingerprint density at radius 3 is 1.04 bits per heavy atom. The minimum atomic E-state index is -3.34. The Hall–Kier alpha value is 0.220. The minimum absolute atomic E-state index is 0.250. The summed E-state index contributed by atoms with van der Waals surface area (Å²) in [6.07, 6.45) is 2.96. The third kappa shape index (κ3) is 11.7. The van der Waals surface area contributed by atoms with E-state index in [9.17, 15) is 9.13 Å². The van der Waals surface area contributed by atoms with Crippen LogP contribution in [0.2, 0.25) is 0 Å². The van der Waals surface area contributed by atoms with Crippen molar-refractivity contribution in [2.75, 3.05) is 39.5 Å². The molecule has 0 aromatic heterocycles. The Morgan fingerprint density at radius 1 is 0.583 bits per heavy atom. The second kappa shape index (κ2) is 14.4. The molecule has 10 heteroatoms. The van der Waals surface area contributed by atoms with Crippen LogP contribution in [-0.2, 0) is 27.2 Å². The van der Waals surface area contributed by atoms with E-state index in [1.807, 2.05) is 27.7 Å². The molecule has 0 amide bonds. The quantitative estimate of drug-likeness (QED) is 0.284. The zero-order valence-electron chi connectivity index (χ0n) is 15.4. The highest BCUT2D eigenvalue weighted by atomic mass is 31.2. The first-order chi connectivity index (χ1) is 11.4. The predicted octanol–water partition coefficient (Wildman–Crippen LogP) is 4.09. The van der Waals surface area contributed by atoms with Gasteiger partial charge in [0.05, 0.1) is 26.4 Å². The average Bonchev–Trinajstić information content (AvgIpc) is 2.59. The average molecular weight is 388 g/mol. The molecule has 0 saturated carbocycles. The molecule has 24 heavy (non-hydrogen) atoms. The lowest BCUT2D eigenvalue weighted by atomic mass is 10.5. The fourth-order valence-corrected chi connectivity index (χ4v) is 4.47. The van der Waals surface area contributed by atoms with Crippen molar-refractivity contribution in [2.45, 2.75) is 53.4 Å². The van der Waals surface area contributed by atoms with E-state index >= 15 is 0 Å². The molecule has 0 rings (SSSR count). The summed E-state index contributed by atoms with van der Waals surface area (Å²) in [5.41, 5.74) is 0. The molecule has 0 saturated heterocycles. The normalized spacial score (nSPS) is 12.7. The van der Waals surface area contributed by atoms with E-state index in [4.69, 9.17) is 18.1 Å². The van der Waals surface area contributed by atoms with Gasteiger partial charge in [0.15, 0.2) is 0 Å². The summed E-state index contributed by atoms with van der Waals surface area (Å²) in [6.45, 7) is 9.60. The van der Waals surface area contributed by atoms with Gasteiger partial charge in [0.25, 0.3) is 0 Å². The van der Waals surface area contributed by atoms with Crippen LogP contribution in [0.25, 0.3) is 0 Å². The maximum atomic E-state index is 12.5. The molecule has 0 aliphatic heterocycles. The SMILES string of the molecule is CCCOP(=O)(NCCNP(=O)(OCCC)OCCC)OCCC. The van der Waals surface area contributed by atoms with Gasteiger partial charge < -0.3 is 0 Å². The predicted molar refractivity (Wildman–Crippen MR) is 96.2 cm³/mol. The largest absolute Gasteiger partial charge is 0.405 e. The summed E-state index contributed by atoms with van der Waals surface area (Å²) in [5, 5.41) is 5.53. The van der Waals surface area contributed by atoms with Crippen LogP contribution in [0.15, 0.2) is 0 Å². The molecule has 2 N–H and O–H groups in total. The lowest BCUT2D eigenvalue weighted by molar-refractivity contribution is 0.191. The Balaban J connectivity index is 4.39. The smallest absolute Gasteiger partial charge is 0.297 e. The standard InChI is InChI=1S/C14H34N2O6P2/c1-5-11-19-23(17,20-12-6-2)15-9-10-16-24(18,21-13-7-3)22-14-8-4/h5-14H2,1-4H3,(H,15,17)(H,16,18). The van der Waals surface area contributed by atoms with Gasteiger partial charge in [-0.1, -0.05) is 27.7 Å². The molecule has 0 heterocycles. The van der Waals surface area contributed by atoms with E-state index in [1.54, 1.807) is 0 Å². The monoisotopic (exact) mass is 388 g/mol. The summed E-state index contributed by atoms with van der Waals surface area (Å²) in [5.74, 6) is 0. The molecule has 0 aromatic rings. The molecule has 0 fully saturated rings. The highest BCUT2D eigenvalue weighted by molar-refractivity contribution is 7.52. The van der Waals surface area contributed by atoms with E-state index in [-0.39, 0.29) is 13.1 Å². The molecule has 146 valence electrons. The molecule has 0 unspecified atom stereocenters. The first kappa shape index (κ1) is 24.2. The van der Waals surface area contributed by atoms with Crippen LogP contribution in [0.5, 0.6) is 0 Å².